The van der Waals surface area contributed by atoms with Gasteiger partial charge in [0.2, 0.25) is 5.91 Å². The number of amides is 1. The van der Waals surface area contributed by atoms with E-state index in [1.165, 1.54) is 6.08 Å². The van der Waals surface area contributed by atoms with Crippen LogP contribution in [0.5, 0.6) is 0 Å². The van der Waals surface area contributed by atoms with Crippen molar-refractivity contribution in [2.45, 2.75) is 0 Å². The molecule has 2 rings (SSSR count). The zero-order valence-electron chi connectivity index (χ0n) is 8.89. The van der Waals surface area contributed by atoms with Crippen LogP contribution < -0.4 is 5.32 Å². The molecule has 0 bridgehead atoms. The highest BCUT2D eigenvalue weighted by atomic mass is 79.9. The van der Waals surface area contributed by atoms with E-state index in [0.29, 0.717) is 5.76 Å². The van der Waals surface area contributed by atoms with E-state index in [-0.39, 0.29) is 5.91 Å². The number of nitrogens with one attached hydrogen (secondary N) is 1. The van der Waals surface area contributed by atoms with Crippen LogP contribution in [0, 0.1) is 0 Å². The lowest BCUT2D eigenvalue weighted by atomic mass is 10.3. The molecule has 4 heteroatoms. The molecule has 0 aliphatic rings. The van der Waals surface area contributed by atoms with Crippen molar-refractivity contribution in [2.75, 3.05) is 5.32 Å². The van der Waals surface area contributed by atoms with Gasteiger partial charge in [0, 0.05) is 16.2 Å². The normalized spacial score (nSPS) is 10.6. The molecule has 0 radical (unpaired) electrons. The third kappa shape index (κ3) is 3.60. The molecule has 1 N–H and O–H groups in total. The summed E-state index contributed by atoms with van der Waals surface area (Å²) in [6, 6.07) is 10.9. The largest absolute Gasteiger partial charge is 0.465 e. The molecule has 1 amide bonds. The summed E-state index contributed by atoms with van der Waals surface area (Å²) in [5.74, 6) is 0.458. The smallest absolute Gasteiger partial charge is 0.248 e. The van der Waals surface area contributed by atoms with Gasteiger partial charge in [-0.25, -0.2) is 0 Å². The van der Waals surface area contributed by atoms with Crippen molar-refractivity contribution in [2.24, 2.45) is 0 Å². The zero-order chi connectivity index (χ0) is 12.1. The molecule has 2 aromatic rings. The number of carbonyl (C=O) groups is 1. The van der Waals surface area contributed by atoms with E-state index in [1.54, 1.807) is 24.5 Å². The minimum atomic E-state index is -0.191. The first-order valence-corrected chi connectivity index (χ1v) is 5.81. The lowest BCUT2D eigenvalue weighted by Crippen LogP contribution is -2.07. The second kappa shape index (κ2) is 5.50. The van der Waals surface area contributed by atoms with Crippen molar-refractivity contribution >= 4 is 33.6 Å². The average molecular weight is 292 g/mol. The van der Waals surface area contributed by atoms with Gasteiger partial charge in [-0.3, -0.25) is 4.79 Å². The Morgan fingerprint density at radius 3 is 2.65 bits per heavy atom. The molecular weight excluding hydrogens is 282 g/mol. The fourth-order valence-corrected chi connectivity index (χ4v) is 1.53. The van der Waals surface area contributed by atoms with Crippen molar-refractivity contribution in [3.05, 3.63) is 59.0 Å². The van der Waals surface area contributed by atoms with Crippen LogP contribution in [0.1, 0.15) is 5.76 Å². The fourth-order valence-electron chi connectivity index (χ4n) is 1.26. The monoisotopic (exact) mass is 291 g/mol. The third-order valence-corrected chi connectivity index (χ3v) is 2.58. The molecule has 0 aliphatic carbocycles. The number of halogens is 1. The van der Waals surface area contributed by atoms with Crippen LogP contribution in [0.4, 0.5) is 5.69 Å². The molecule has 0 spiro atoms. The molecule has 1 heterocycles. The molecule has 86 valence electrons. The van der Waals surface area contributed by atoms with Crippen molar-refractivity contribution < 1.29 is 9.21 Å². The third-order valence-electron chi connectivity index (χ3n) is 2.05. The van der Waals surface area contributed by atoms with Crippen molar-refractivity contribution in [1.82, 2.24) is 0 Å². The molecule has 0 atom stereocenters. The molecule has 1 aromatic heterocycles. The van der Waals surface area contributed by atoms with Crippen LogP contribution in [-0.4, -0.2) is 5.91 Å². The Labute approximate surface area is 107 Å². The van der Waals surface area contributed by atoms with Gasteiger partial charge in [-0.1, -0.05) is 15.9 Å². The zero-order valence-corrected chi connectivity index (χ0v) is 10.5. The van der Waals surface area contributed by atoms with Gasteiger partial charge < -0.3 is 9.73 Å². The Morgan fingerprint density at radius 2 is 2.00 bits per heavy atom. The van der Waals surface area contributed by atoms with E-state index in [0.717, 1.165) is 10.2 Å². The van der Waals surface area contributed by atoms with Crippen molar-refractivity contribution in [3.63, 3.8) is 0 Å². The summed E-state index contributed by atoms with van der Waals surface area (Å²) in [5.41, 5.74) is 0.752. The lowest BCUT2D eigenvalue weighted by Gasteiger charge is -2.01. The van der Waals surface area contributed by atoms with Gasteiger partial charge in [0.05, 0.1) is 6.26 Å². The topological polar surface area (TPSA) is 42.2 Å². The highest BCUT2D eigenvalue weighted by Crippen LogP contribution is 2.14. The Hall–Kier alpha value is -1.81. The molecule has 1 aromatic carbocycles. The Balaban J connectivity index is 1.95. The van der Waals surface area contributed by atoms with Gasteiger partial charge in [-0.15, -0.1) is 0 Å². The highest BCUT2D eigenvalue weighted by Gasteiger charge is 1.97. The van der Waals surface area contributed by atoms with E-state index < -0.39 is 0 Å². The second-order valence-corrected chi connectivity index (χ2v) is 4.26. The van der Waals surface area contributed by atoms with Crippen LogP contribution in [0.2, 0.25) is 0 Å². The van der Waals surface area contributed by atoms with E-state index in [4.69, 9.17) is 4.42 Å². The van der Waals surface area contributed by atoms with E-state index in [9.17, 15) is 4.79 Å². The number of carbonyl (C=O) groups excluding carboxylic acids is 1. The minimum Gasteiger partial charge on any atom is -0.465 e. The molecule has 0 unspecified atom stereocenters. The first-order chi connectivity index (χ1) is 8.24. The Bertz CT molecular complexity index is 515. The number of hydrogen-bond donors (Lipinski definition) is 1. The van der Waals surface area contributed by atoms with Gasteiger partial charge in [0.1, 0.15) is 5.76 Å². The first kappa shape index (κ1) is 11.7. The van der Waals surface area contributed by atoms with E-state index in [2.05, 4.69) is 21.2 Å². The summed E-state index contributed by atoms with van der Waals surface area (Å²) in [6.45, 7) is 0. The van der Waals surface area contributed by atoms with Gasteiger partial charge in [-0.05, 0) is 42.5 Å². The molecule has 0 saturated heterocycles. The average Bonchev–Trinajstić information content (AvgIpc) is 2.83. The number of benzene rings is 1. The predicted molar refractivity (Wildman–Crippen MR) is 70.5 cm³/mol. The molecule has 0 fully saturated rings. The minimum absolute atomic E-state index is 0.191. The number of anilines is 1. The quantitative estimate of drug-likeness (QED) is 0.877. The summed E-state index contributed by atoms with van der Waals surface area (Å²) in [7, 11) is 0. The maximum atomic E-state index is 11.5. The summed E-state index contributed by atoms with van der Waals surface area (Å²) in [5, 5.41) is 2.74. The van der Waals surface area contributed by atoms with Gasteiger partial charge in [0.15, 0.2) is 0 Å². The lowest BCUT2D eigenvalue weighted by molar-refractivity contribution is -0.111. The predicted octanol–water partition coefficient (Wildman–Crippen LogP) is 3.69. The molecular formula is C13H10BrNO2. The van der Waals surface area contributed by atoms with Crippen LogP contribution in [0.15, 0.2) is 57.6 Å². The SMILES string of the molecule is O=C(/C=C\c1ccco1)Nc1ccc(Br)cc1. The van der Waals surface area contributed by atoms with Crippen LogP contribution in [0.25, 0.3) is 6.08 Å². The first-order valence-electron chi connectivity index (χ1n) is 5.02. The number of furan rings is 1. The van der Waals surface area contributed by atoms with Crippen molar-refractivity contribution in [1.29, 1.82) is 0 Å². The Morgan fingerprint density at radius 1 is 1.24 bits per heavy atom. The maximum absolute atomic E-state index is 11.5. The van der Waals surface area contributed by atoms with E-state index in [1.807, 2.05) is 24.3 Å². The summed E-state index contributed by atoms with van der Waals surface area (Å²) in [6.07, 6.45) is 4.61. The number of rotatable bonds is 3. The summed E-state index contributed by atoms with van der Waals surface area (Å²) >= 11 is 3.33. The number of hydrogen-bond acceptors (Lipinski definition) is 2. The van der Waals surface area contributed by atoms with Crippen LogP contribution in [-0.2, 0) is 4.79 Å². The summed E-state index contributed by atoms with van der Waals surface area (Å²) < 4.78 is 6.05. The van der Waals surface area contributed by atoms with Crippen LogP contribution >= 0.6 is 15.9 Å². The van der Waals surface area contributed by atoms with Gasteiger partial charge in [0.25, 0.3) is 0 Å². The Kier molecular flexibility index (Phi) is 3.77. The van der Waals surface area contributed by atoms with E-state index >= 15 is 0 Å². The van der Waals surface area contributed by atoms with Crippen molar-refractivity contribution in [3.8, 4) is 0 Å². The summed E-state index contributed by atoms with van der Waals surface area (Å²) in [4.78, 5) is 11.5. The van der Waals surface area contributed by atoms with Gasteiger partial charge in [-0.2, -0.15) is 0 Å². The standard InChI is InChI=1S/C13H10BrNO2/c14-10-3-5-11(6-4-10)15-13(16)8-7-12-2-1-9-17-12/h1-9H,(H,15,16)/b8-7-. The van der Waals surface area contributed by atoms with Gasteiger partial charge >= 0.3 is 0 Å². The molecule has 3 nitrogen and oxygen atoms in total. The molecule has 17 heavy (non-hydrogen) atoms. The van der Waals surface area contributed by atoms with Crippen LogP contribution in [0.3, 0.4) is 0 Å². The highest BCUT2D eigenvalue weighted by molar-refractivity contribution is 9.10. The molecule has 0 saturated carbocycles. The second-order valence-electron chi connectivity index (χ2n) is 3.34. The maximum Gasteiger partial charge on any atom is 0.248 e. The molecule has 0 aliphatic heterocycles. The fraction of sp³-hybridized carbons (Fsp3) is 0.